The quantitative estimate of drug-likeness (QED) is 0.0307. The fourth-order valence-electron chi connectivity index (χ4n) is 14.3. The molecule has 5 saturated heterocycles. The van der Waals surface area contributed by atoms with Gasteiger partial charge in [0.25, 0.3) is 0 Å². The van der Waals surface area contributed by atoms with E-state index in [1.807, 2.05) is 6.08 Å². The number of unbranched alkanes of at least 4 members (excludes halogenated alkanes) is 30. The lowest BCUT2D eigenvalue weighted by Gasteiger charge is -2.50. The maximum atomic E-state index is 13.6. The molecule has 0 aromatic rings. The van der Waals surface area contributed by atoms with Crippen molar-refractivity contribution in [2.24, 2.45) is 0 Å². The van der Waals surface area contributed by atoms with Crippen molar-refractivity contribution in [1.29, 1.82) is 0 Å². The molecule has 0 radical (unpaired) electrons. The van der Waals surface area contributed by atoms with Gasteiger partial charge in [0.15, 0.2) is 31.5 Å². The van der Waals surface area contributed by atoms with Crippen LogP contribution in [0.25, 0.3) is 0 Å². The van der Waals surface area contributed by atoms with E-state index >= 15 is 0 Å². The van der Waals surface area contributed by atoms with E-state index < -0.39 is 211 Å². The molecule has 0 saturated carbocycles. The summed E-state index contributed by atoms with van der Waals surface area (Å²) in [6.07, 6.45) is 0.389. The Bertz CT molecular complexity index is 2340. The van der Waals surface area contributed by atoms with Crippen molar-refractivity contribution in [3.63, 3.8) is 0 Å². The molecule has 5 fully saturated rings. The summed E-state index contributed by atoms with van der Waals surface area (Å²) in [5, 5.41) is 182. The second-order valence-corrected chi connectivity index (χ2v) is 29.6. The first-order valence-electron chi connectivity index (χ1n) is 40.1. The molecule has 5 aliphatic rings. The van der Waals surface area contributed by atoms with Crippen LogP contribution in [0.5, 0.6) is 0 Å². The van der Waals surface area contributed by atoms with Crippen LogP contribution in [0.3, 0.4) is 0 Å². The molecular formula is C76H138N2O28. The molecule has 5 aliphatic heterocycles. The topological polar surface area (TPSA) is 474 Å². The van der Waals surface area contributed by atoms with Crippen LogP contribution >= 0.6 is 0 Å². The summed E-state index contributed by atoms with van der Waals surface area (Å²) in [6, 6.07) is -2.84. The third-order valence-electron chi connectivity index (χ3n) is 20.9. The maximum Gasteiger partial charge on any atom is 0.220 e. The lowest BCUT2D eigenvalue weighted by atomic mass is 9.94. The molecule has 2 amide bonds. The molecule has 106 heavy (non-hydrogen) atoms. The Labute approximate surface area is 627 Å². The van der Waals surface area contributed by atoms with Crippen molar-refractivity contribution < 1.29 is 139 Å². The van der Waals surface area contributed by atoms with E-state index in [9.17, 15) is 91.3 Å². The molecule has 0 aromatic heterocycles. The van der Waals surface area contributed by atoms with Gasteiger partial charge in [-0.2, -0.15) is 0 Å². The molecule has 27 atom stereocenters. The molecule has 0 spiro atoms. The number of rotatable bonds is 55. The van der Waals surface area contributed by atoms with Gasteiger partial charge < -0.3 is 140 Å². The van der Waals surface area contributed by atoms with Gasteiger partial charge in [0.1, 0.15) is 122 Å². The van der Waals surface area contributed by atoms with Crippen LogP contribution in [-0.4, -0.2) is 299 Å². The molecule has 0 aromatic carbocycles. The van der Waals surface area contributed by atoms with Gasteiger partial charge in [0.05, 0.1) is 51.8 Å². The number of nitrogens with one attached hydrogen (secondary N) is 2. The molecule has 0 bridgehead atoms. The highest BCUT2D eigenvalue weighted by molar-refractivity contribution is 5.76. The Kier molecular flexibility index (Phi) is 47.3. The van der Waals surface area contributed by atoms with Crippen molar-refractivity contribution in [2.45, 2.75) is 405 Å². The Balaban J connectivity index is 1.17. The Morgan fingerprint density at radius 1 is 0.368 bits per heavy atom. The number of hydrogen-bond donors (Lipinski definition) is 18. The fourth-order valence-corrected chi connectivity index (χ4v) is 14.3. The summed E-state index contributed by atoms with van der Waals surface area (Å²) < 4.78 is 58.6. The summed E-state index contributed by atoms with van der Waals surface area (Å²) in [7, 11) is 0. The highest BCUT2D eigenvalue weighted by atomic mass is 16.8. The third kappa shape index (κ3) is 31.4. The molecule has 0 aliphatic carbocycles. The average molecular weight is 1530 g/mol. The first-order chi connectivity index (χ1) is 51.2. The largest absolute Gasteiger partial charge is 0.394 e. The second kappa shape index (κ2) is 53.4. The van der Waals surface area contributed by atoms with Crippen molar-refractivity contribution in [3.05, 3.63) is 24.3 Å². The van der Waals surface area contributed by atoms with E-state index in [1.54, 1.807) is 6.08 Å². The van der Waals surface area contributed by atoms with Crippen molar-refractivity contribution in [3.8, 4) is 0 Å². The van der Waals surface area contributed by atoms with Crippen LogP contribution in [-0.2, 0) is 57.0 Å². The van der Waals surface area contributed by atoms with E-state index in [-0.39, 0.29) is 12.3 Å². The van der Waals surface area contributed by atoms with E-state index in [4.69, 9.17) is 47.4 Å². The Morgan fingerprint density at radius 3 is 1.14 bits per heavy atom. The van der Waals surface area contributed by atoms with Gasteiger partial charge in [-0.05, 0) is 44.9 Å². The van der Waals surface area contributed by atoms with Crippen molar-refractivity contribution in [2.75, 3.05) is 39.6 Å². The number of amides is 2. The number of hydrogen-bond acceptors (Lipinski definition) is 28. The molecule has 5 rings (SSSR count). The smallest absolute Gasteiger partial charge is 0.220 e. The van der Waals surface area contributed by atoms with Gasteiger partial charge in [0, 0.05) is 13.3 Å². The van der Waals surface area contributed by atoms with Crippen LogP contribution in [0.15, 0.2) is 24.3 Å². The maximum absolute atomic E-state index is 13.6. The van der Waals surface area contributed by atoms with E-state index in [2.05, 4.69) is 36.6 Å². The highest BCUT2D eigenvalue weighted by Crippen LogP contribution is 2.37. The number of aliphatic hydroxyl groups is 16. The highest BCUT2D eigenvalue weighted by Gasteiger charge is 2.57. The van der Waals surface area contributed by atoms with Gasteiger partial charge in [-0.3, -0.25) is 9.59 Å². The van der Waals surface area contributed by atoms with Gasteiger partial charge in [0.2, 0.25) is 11.8 Å². The molecular weight excluding hydrogens is 1390 g/mol. The number of carbonyl (C=O) groups is 2. The predicted octanol–water partition coefficient (Wildman–Crippen LogP) is 2.50. The van der Waals surface area contributed by atoms with Crippen LogP contribution in [0.1, 0.15) is 239 Å². The van der Waals surface area contributed by atoms with Gasteiger partial charge in [-0.25, -0.2) is 0 Å². The lowest BCUT2D eigenvalue weighted by Crippen LogP contribution is -2.70. The standard InChI is InChI=1S/C76H138N2O28/c1-4-6-8-10-12-14-16-18-19-20-21-22-23-24-25-26-27-29-31-33-35-37-39-41-56(86)78-49(50(85)40-38-36-34-32-30-28-17-15-13-11-9-7-5-2)47-97-73-65(94)63(92)68(55(46-83)102-73)103-75-66(95)70(60(89)53(44-81)100-75)105-72-57(77-48(3)84)69(59(88)52(43-80)98-72)104-76-67(96)71(61(90)54(45-82)101-76)106-74-64(93)62(91)58(87)51(42-79)99-74/h18-19,38,40,49-55,57-76,79-83,85,87-96H,4-17,20-37,39,41-47H2,1-3H3,(H,77,84)(H,78,86)/b19-18-,40-38+/t49-,50+,51?,52?,53?,54?,55?,57?,58-,59+,60-,61-,62-,63+,64?,65?,66?,67?,68+,69+,70-,71-,72-,73+,74+,75-,76-/m0/s1. The van der Waals surface area contributed by atoms with Crippen LogP contribution < -0.4 is 10.6 Å². The first kappa shape index (κ1) is 94.0. The van der Waals surface area contributed by atoms with Crippen molar-refractivity contribution in [1.82, 2.24) is 10.6 Å². The Hall–Kier alpha value is -2.62. The van der Waals surface area contributed by atoms with Gasteiger partial charge in [-0.15, -0.1) is 0 Å². The monoisotopic (exact) mass is 1530 g/mol. The predicted molar refractivity (Wildman–Crippen MR) is 386 cm³/mol. The summed E-state index contributed by atoms with van der Waals surface area (Å²) >= 11 is 0. The average Bonchev–Trinajstić information content (AvgIpc) is 0.770. The van der Waals surface area contributed by atoms with E-state index in [0.717, 1.165) is 58.3 Å². The SMILES string of the molecule is CCCCCCCC/C=C\CCCCCCCCCCCCCCCC(=O)N[C@@H](CO[C@@H]1OC(CO)[C@@H](O[C@@H]2OC(CO)[C@H](O)[C@H](O[C@@H]3OC(CO)[C@@H](O)[C@H](O[C@@H]4OC(CO)[C@H](O)[C@H](O[C@H]5OC(CO)[C@H](O)[C@H](O)C5O)C4O)C3NC(C)=O)C2O)[C@H](O)C1O)[C@H](O)/C=C/CCCCCCCCCCCCC. The molecule has 30 nitrogen and oxygen atoms in total. The fraction of sp³-hybridized carbons (Fsp3) is 0.921. The first-order valence-corrected chi connectivity index (χ1v) is 40.1. The van der Waals surface area contributed by atoms with Crippen LogP contribution in [0.4, 0.5) is 0 Å². The molecule has 5 heterocycles. The number of allylic oxidation sites excluding steroid dienone is 3. The van der Waals surface area contributed by atoms with Gasteiger partial charge in [-0.1, -0.05) is 205 Å². The Morgan fingerprint density at radius 2 is 0.708 bits per heavy atom. The normalized spacial score (nSPS) is 34.4. The zero-order valence-electron chi connectivity index (χ0n) is 63.2. The summed E-state index contributed by atoms with van der Waals surface area (Å²) in [6.45, 7) is 0.301. The molecule has 18 N–H and O–H groups in total. The third-order valence-corrected chi connectivity index (χ3v) is 20.9. The van der Waals surface area contributed by atoms with Gasteiger partial charge >= 0.3 is 0 Å². The number of aliphatic hydroxyl groups excluding tert-OH is 16. The minimum atomic E-state index is -2.18. The zero-order chi connectivity index (χ0) is 77.3. The molecule has 10 unspecified atom stereocenters. The van der Waals surface area contributed by atoms with Crippen LogP contribution in [0, 0.1) is 0 Å². The molecule has 30 heteroatoms. The van der Waals surface area contributed by atoms with E-state index in [0.29, 0.717) is 12.8 Å². The van der Waals surface area contributed by atoms with Crippen molar-refractivity contribution >= 4 is 11.8 Å². The number of ether oxygens (including phenoxy) is 10. The minimum absolute atomic E-state index is 0.186. The van der Waals surface area contributed by atoms with E-state index in [1.165, 1.54) is 148 Å². The summed E-state index contributed by atoms with van der Waals surface area (Å²) in [4.78, 5) is 26.5. The van der Waals surface area contributed by atoms with Crippen LogP contribution in [0.2, 0.25) is 0 Å². The molecule has 620 valence electrons. The zero-order valence-corrected chi connectivity index (χ0v) is 63.2. The summed E-state index contributed by atoms with van der Waals surface area (Å²) in [5.74, 6) is -1.18. The summed E-state index contributed by atoms with van der Waals surface area (Å²) in [5.41, 5.74) is 0. The minimum Gasteiger partial charge on any atom is -0.394 e. The number of carbonyl (C=O) groups excluding carboxylic acids is 2. The lowest BCUT2D eigenvalue weighted by molar-refractivity contribution is -0.386. The second-order valence-electron chi connectivity index (χ2n) is 29.6.